The monoisotopic (exact) mass is 781 g/mol. The van der Waals surface area contributed by atoms with Crippen molar-refractivity contribution in [3.63, 3.8) is 0 Å². The number of carbonyl (C=O) groups is 3. The maximum Gasteiger partial charge on any atom is 0.343 e. The summed E-state index contributed by atoms with van der Waals surface area (Å²) in [4.78, 5) is 42.7. The molecule has 0 saturated heterocycles. The third kappa shape index (κ3) is 13.0. The van der Waals surface area contributed by atoms with Crippen molar-refractivity contribution in [2.75, 3.05) is 24.8 Å². The molecule has 3 aromatic carbocycles. The van der Waals surface area contributed by atoms with Gasteiger partial charge in [-0.1, -0.05) is 69.6 Å². The topological polar surface area (TPSA) is 117 Å². The van der Waals surface area contributed by atoms with E-state index in [1.54, 1.807) is 60.0 Å². The van der Waals surface area contributed by atoms with Gasteiger partial charge in [-0.05, 0) is 118 Å². The van der Waals surface area contributed by atoms with Crippen LogP contribution >= 0.6 is 11.3 Å². The molecule has 0 spiro atoms. The molecule has 1 saturated carbocycles. The number of fused-ring (bicyclic) bond motifs is 1. The first-order valence-corrected chi connectivity index (χ1v) is 21.0. The number of para-hydroxylation sites is 1. The molecule has 298 valence electrons. The SMILES string of the molecule is C=CC(=O)OCCCCCCOc1ccc(C(=O)Oc2ccc(OC(=O)C3CCC(CC)CC3)cc2C=NN(CCCCCC)c2nc3ccccc3s2)cc1. The predicted molar refractivity (Wildman–Crippen MR) is 223 cm³/mol. The molecule has 1 aromatic heterocycles. The normalized spacial score (nSPS) is 15.4. The van der Waals surface area contributed by atoms with Gasteiger partial charge in [-0.3, -0.25) is 4.79 Å². The van der Waals surface area contributed by atoms with Crippen molar-refractivity contribution in [1.82, 2.24) is 4.98 Å². The average molecular weight is 782 g/mol. The van der Waals surface area contributed by atoms with Crippen molar-refractivity contribution in [1.29, 1.82) is 0 Å². The smallest absolute Gasteiger partial charge is 0.343 e. The first kappa shape index (κ1) is 42.1. The highest BCUT2D eigenvalue weighted by Crippen LogP contribution is 2.33. The summed E-state index contributed by atoms with van der Waals surface area (Å²) in [6.07, 6.45) is 15.5. The zero-order valence-corrected chi connectivity index (χ0v) is 33.6. The highest BCUT2D eigenvalue weighted by molar-refractivity contribution is 7.22. The molecule has 0 unspecified atom stereocenters. The number of unbranched alkanes of at least 4 members (excludes halogenated alkanes) is 6. The number of rotatable bonds is 22. The average Bonchev–Trinajstić information content (AvgIpc) is 3.66. The first-order chi connectivity index (χ1) is 27.4. The van der Waals surface area contributed by atoms with E-state index < -0.39 is 11.9 Å². The summed E-state index contributed by atoms with van der Waals surface area (Å²) >= 11 is 1.58. The fraction of sp³-hybridized carbons (Fsp3) is 0.444. The number of nitrogens with zero attached hydrogens (tertiary/aromatic N) is 3. The molecule has 0 radical (unpaired) electrons. The van der Waals surface area contributed by atoms with Crippen LogP contribution < -0.4 is 19.2 Å². The van der Waals surface area contributed by atoms with Crippen LogP contribution in [0.2, 0.25) is 0 Å². The van der Waals surface area contributed by atoms with Crippen LogP contribution in [0.5, 0.6) is 17.2 Å². The zero-order chi connectivity index (χ0) is 39.5. The van der Waals surface area contributed by atoms with E-state index in [4.69, 9.17) is 29.0 Å². The van der Waals surface area contributed by atoms with E-state index in [-0.39, 0.29) is 17.6 Å². The Bertz CT molecular complexity index is 1870. The quantitative estimate of drug-likeness (QED) is 0.0192. The van der Waals surface area contributed by atoms with Gasteiger partial charge < -0.3 is 18.9 Å². The molecule has 4 aromatic rings. The molecule has 0 atom stereocenters. The molecule has 1 aliphatic carbocycles. The van der Waals surface area contributed by atoms with E-state index in [9.17, 15) is 14.4 Å². The minimum Gasteiger partial charge on any atom is -0.494 e. The molecule has 1 heterocycles. The third-order valence-electron chi connectivity index (χ3n) is 10.0. The maximum absolute atomic E-state index is 13.5. The molecule has 0 N–H and O–H groups in total. The highest BCUT2D eigenvalue weighted by Gasteiger charge is 2.27. The summed E-state index contributed by atoms with van der Waals surface area (Å²) in [5.74, 6) is 0.690. The van der Waals surface area contributed by atoms with Gasteiger partial charge in [0.1, 0.15) is 17.2 Å². The highest BCUT2D eigenvalue weighted by atomic mass is 32.1. The van der Waals surface area contributed by atoms with Crippen molar-refractivity contribution in [3.8, 4) is 17.2 Å². The number of hydrazone groups is 1. The molecule has 10 nitrogen and oxygen atoms in total. The number of thiazole rings is 1. The second kappa shape index (κ2) is 22.5. The first-order valence-electron chi connectivity index (χ1n) is 20.1. The Labute approximate surface area is 334 Å². The summed E-state index contributed by atoms with van der Waals surface area (Å²) < 4.78 is 23.8. The number of aromatic nitrogens is 1. The number of carbonyl (C=O) groups excluding carboxylic acids is 3. The Morgan fingerprint density at radius 1 is 0.857 bits per heavy atom. The van der Waals surface area contributed by atoms with E-state index in [1.807, 2.05) is 23.2 Å². The van der Waals surface area contributed by atoms with Gasteiger partial charge in [-0.25, -0.2) is 19.6 Å². The minimum absolute atomic E-state index is 0.127. The van der Waals surface area contributed by atoms with Crippen LogP contribution in [0.25, 0.3) is 10.2 Å². The Kier molecular flexibility index (Phi) is 16.9. The summed E-state index contributed by atoms with van der Waals surface area (Å²) in [5.41, 5.74) is 1.77. The lowest BCUT2D eigenvalue weighted by molar-refractivity contribution is -0.140. The lowest BCUT2D eigenvalue weighted by Crippen LogP contribution is -2.25. The van der Waals surface area contributed by atoms with E-state index in [0.29, 0.717) is 48.3 Å². The zero-order valence-electron chi connectivity index (χ0n) is 32.8. The van der Waals surface area contributed by atoms with Crippen LogP contribution in [-0.2, 0) is 14.3 Å². The number of hydrogen-bond donors (Lipinski definition) is 0. The summed E-state index contributed by atoms with van der Waals surface area (Å²) in [6.45, 7) is 9.37. The Morgan fingerprint density at radius 2 is 1.59 bits per heavy atom. The minimum atomic E-state index is -0.539. The lowest BCUT2D eigenvalue weighted by Gasteiger charge is -2.26. The Balaban J connectivity index is 1.28. The van der Waals surface area contributed by atoms with Crippen molar-refractivity contribution < 1.29 is 33.3 Å². The third-order valence-corrected chi connectivity index (χ3v) is 11.1. The Morgan fingerprint density at radius 3 is 2.32 bits per heavy atom. The molecule has 11 heteroatoms. The van der Waals surface area contributed by atoms with Gasteiger partial charge in [-0.2, -0.15) is 5.10 Å². The summed E-state index contributed by atoms with van der Waals surface area (Å²) in [6, 6.07) is 19.9. The predicted octanol–water partition coefficient (Wildman–Crippen LogP) is 10.7. The summed E-state index contributed by atoms with van der Waals surface area (Å²) in [5, 5.41) is 7.56. The van der Waals surface area contributed by atoms with Crippen LogP contribution in [0.4, 0.5) is 5.13 Å². The van der Waals surface area contributed by atoms with Crippen LogP contribution in [-0.4, -0.2) is 48.9 Å². The second-order valence-corrected chi connectivity index (χ2v) is 15.2. The van der Waals surface area contributed by atoms with Gasteiger partial charge >= 0.3 is 17.9 Å². The van der Waals surface area contributed by atoms with Crippen LogP contribution in [0.15, 0.2) is 84.5 Å². The van der Waals surface area contributed by atoms with Crippen LogP contribution in [0, 0.1) is 11.8 Å². The van der Waals surface area contributed by atoms with Gasteiger partial charge in [0, 0.05) is 18.2 Å². The molecule has 0 bridgehead atoms. The molecule has 5 rings (SSSR count). The van der Waals surface area contributed by atoms with E-state index >= 15 is 0 Å². The van der Waals surface area contributed by atoms with Crippen molar-refractivity contribution in [3.05, 3.63) is 90.5 Å². The van der Waals surface area contributed by atoms with E-state index in [1.165, 1.54) is 6.08 Å². The summed E-state index contributed by atoms with van der Waals surface area (Å²) in [7, 11) is 0. The molecule has 56 heavy (non-hydrogen) atoms. The molecule has 1 aliphatic rings. The fourth-order valence-electron chi connectivity index (χ4n) is 6.61. The van der Waals surface area contributed by atoms with Crippen molar-refractivity contribution in [2.45, 2.75) is 97.3 Å². The van der Waals surface area contributed by atoms with Crippen LogP contribution in [0.1, 0.15) is 113 Å². The number of anilines is 1. The fourth-order valence-corrected chi connectivity index (χ4v) is 7.56. The van der Waals surface area contributed by atoms with Gasteiger partial charge in [0.25, 0.3) is 0 Å². The van der Waals surface area contributed by atoms with Gasteiger partial charge in [0.15, 0.2) is 0 Å². The van der Waals surface area contributed by atoms with Crippen molar-refractivity contribution >= 4 is 50.8 Å². The van der Waals surface area contributed by atoms with Crippen molar-refractivity contribution in [2.24, 2.45) is 16.9 Å². The van der Waals surface area contributed by atoms with E-state index in [2.05, 4.69) is 26.5 Å². The standard InChI is InChI=1S/C45H55N3O7S/c1-4-7-8-13-28-48(45-47-39-16-11-12-17-41(39)56-45)46-32-36-31-38(54-43(50)34-20-18-33(5-2)19-21-34)26-27-40(36)55-44(51)35-22-24-37(25-23-35)52-29-14-9-10-15-30-53-42(49)6-3/h6,11-12,16-17,22-27,31-34H,3-5,7-10,13-15,18-21,28-30H2,1-2H3. The second-order valence-electron chi connectivity index (χ2n) is 14.2. The lowest BCUT2D eigenvalue weighted by atomic mass is 9.81. The van der Waals surface area contributed by atoms with Gasteiger partial charge in [-0.15, -0.1) is 0 Å². The van der Waals surface area contributed by atoms with Gasteiger partial charge in [0.05, 0.1) is 41.1 Å². The molecular weight excluding hydrogens is 727 g/mol. The number of hydrogen-bond acceptors (Lipinski definition) is 11. The van der Waals surface area contributed by atoms with Gasteiger partial charge in [0.2, 0.25) is 5.13 Å². The Hall–Kier alpha value is -5.03. The number of ether oxygens (including phenoxy) is 4. The van der Waals surface area contributed by atoms with E-state index in [0.717, 1.165) is 98.8 Å². The molecule has 0 amide bonds. The molecule has 0 aliphatic heterocycles. The maximum atomic E-state index is 13.5. The van der Waals surface area contributed by atoms with Crippen LogP contribution in [0.3, 0.4) is 0 Å². The largest absolute Gasteiger partial charge is 0.494 e. The number of esters is 3. The molecular formula is C45H55N3O7S. The molecule has 1 fully saturated rings. The number of benzene rings is 3.